The molecule has 84 valence electrons. The maximum atomic E-state index is 12.2. The molecule has 0 N–H and O–H groups in total. The van der Waals surface area contributed by atoms with Gasteiger partial charge in [0.1, 0.15) is 4.88 Å². The van der Waals surface area contributed by atoms with Crippen LogP contribution in [-0.2, 0) is 6.54 Å². The van der Waals surface area contributed by atoms with Gasteiger partial charge in [-0.3, -0.25) is 4.79 Å². The van der Waals surface area contributed by atoms with Crippen LogP contribution in [0.3, 0.4) is 0 Å². The smallest absolute Gasteiger partial charge is 0.240 e. The molecule has 2 aromatic rings. The van der Waals surface area contributed by atoms with Gasteiger partial charge in [0.2, 0.25) is 5.78 Å². The van der Waals surface area contributed by atoms with Gasteiger partial charge >= 0.3 is 0 Å². The first-order valence-corrected chi connectivity index (χ1v) is 5.95. The van der Waals surface area contributed by atoms with E-state index in [9.17, 15) is 4.79 Å². The standard InChI is InChI=1S/C11H13N3OS/c1-4-14-6-5-12-11(14)9(15)10-7(2)13-8(3)16-10/h5-6H,4H2,1-3H3. The molecule has 0 aromatic carbocycles. The minimum Gasteiger partial charge on any atom is -0.328 e. The van der Waals surface area contributed by atoms with Crippen LogP contribution < -0.4 is 0 Å². The van der Waals surface area contributed by atoms with Crippen molar-refractivity contribution >= 4 is 17.1 Å². The van der Waals surface area contributed by atoms with Crippen LogP contribution in [0.1, 0.15) is 33.1 Å². The Balaban J connectivity index is 2.43. The number of aromatic nitrogens is 3. The Kier molecular flexibility index (Phi) is 2.87. The second kappa shape index (κ2) is 4.17. The molecule has 2 rings (SSSR count). The summed E-state index contributed by atoms with van der Waals surface area (Å²) in [6.07, 6.45) is 3.47. The van der Waals surface area contributed by atoms with Gasteiger partial charge in [-0.1, -0.05) is 0 Å². The predicted molar refractivity (Wildman–Crippen MR) is 62.9 cm³/mol. The first-order chi connectivity index (χ1) is 7.63. The predicted octanol–water partition coefficient (Wildman–Crippen LogP) is 2.21. The molecule has 16 heavy (non-hydrogen) atoms. The number of imidazole rings is 1. The second-order valence-electron chi connectivity index (χ2n) is 3.51. The van der Waals surface area contributed by atoms with Gasteiger partial charge in [-0.05, 0) is 20.8 Å². The highest BCUT2D eigenvalue weighted by molar-refractivity contribution is 7.13. The Morgan fingerprint density at radius 2 is 2.25 bits per heavy atom. The van der Waals surface area contributed by atoms with Crippen LogP contribution in [-0.4, -0.2) is 20.3 Å². The van der Waals surface area contributed by atoms with Crippen molar-refractivity contribution < 1.29 is 4.79 Å². The van der Waals surface area contributed by atoms with E-state index in [2.05, 4.69) is 9.97 Å². The summed E-state index contributed by atoms with van der Waals surface area (Å²) in [4.78, 5) is 21.3. The van der Waals surface area contributed by atoms with Crippen molar-refractivity contribution in [3.05, 3.63) is 33.8 Å². The average molecular weight is 235 g/mol. The second-order valence-corrected chi connectivity index (χ2v) is 4.72. The fraction of sp³-hybridized carbons (Fsp3) is 0.364. The molecule has 0 unspecified atom stereocenters. The molecule has 0 radical (unpaired) electrons. The summed E-state index contributed by atoms with van der Waals surface area (Å²) in [6, 6.07) is 0. The van der Waals surface area contributed by atoms with E-state index in [1.807, 2.05) is 31.5 Å². The van der Waals surface area contributed by atoms with Gasteiger partial charge in [0.25, 0.3) is 0 Å². The first kappa shape index (κ1) is 11.0. The number of hydrogen-bond acceptors (Lipinski definition) is 4. The molecule has 0 aliphatic rings. The number of ketones is 1. The van der Waals surface area contributed by atoms with Gasteiger partial charge < -0.3 is 4.57 Å². The van der Waals surface area contributed by atoms with E-state index in [4.69, 9.17) is 0 Å². The Morgan fingerprint density at radius 1 is 1.50 bits per heavy atom. The molecular formula is C11H13N3OS. The zero-order valence-electron chi connectivity index (χ0n) is 9.52. The summed E-state index contributed by atoms with van der Waals surface area (Å²) in [5.74, 6) is 0.462. The third-order valence-electron chi connectivity index (χ3n) is 2.37. The van der Waals surface area contributed by atoms with Crippen LogP contribution in [0.4, 0.5) is 0 Å². The largest absolute Gasteiger partial charge is 0.328 e. The quantitative estimate of drug-likeness (QED) is 0.766. The van der Waals surface area contributed by atoms with E-state index in [1.54, 1.807) is 6.20 Å². The van der Waals surface area contributed by atoms with Crippen molar-refractivity contribution in [3.8, 4) is 0 Å². The molecule has 2 aromatic heterocycles. The van der Waals surface area contributed by atoms with Gasteiger partial charge in [-0.25, -0.2) is 9.97 Å². The normalized spacial score (nSPS) is 10.7. The van der Waals surface area contributed by atoms with Crippen LogP contribution in [0.5, 0.6) is 0 Å². The van der Waals surface area contributed by atoms with Crippen LogP contribution in [0.2, 0.25) is 0 Å². The molecule has 4 nitrogen and oxygen atoms in total. The van der Waals surface area contributed by atoms with E-state index >= 15 is 0 Å². The van der Waals surface area contributed by atoms with Crippen molar-refractivity contribution in [3.63, 3.8) is 0 Å². The van der Waals surface area contributed by atoms with Crippen LogP contribution in [0.15, 0.2) is 12.4 Å². The van der Waals surface area contributed by atoms with Crippen LogP contribution in [0.25, 0.3) is 0 Å². The summed E-state index contributed by atoms with van der Waals surface area (Å²) in [6.45, 7) is 6.50. The molecule has 0 aliphatic carbocycles. The Labute approximate surface area is 98.0 Å². The Morgan fingerprint density at radius 3 is 2.81 bits per heavy atom. The zero-order valence-corrected chi connectivity index (χ0v) is 10.3. The topological polar surface area (TPSA) is 47.8 Å². The number of hydrogen-bond donors (Lipinski definition) is 0. The molecule has 5 heteroatoms. The number of thiazole rings is 1. The van der Waals surface area contributed by atoms with Gasteiger partial charge in [-0.15, -0.1) is 11.3 Å². The van der Waals surface area contributed by atoms with E-state index in [0.29, 0.717) is 10.7 Å². The molecule has 0 spiro atoms. The minimum atomic E-state index is -0.0325. The van der Waals surface area contributed by atoms with E-state index in [1.165, 1.54) is 11.3 Å². The number of nitrogens with zero attached hydrogens (tertiary/aromatic N) is 3. The SMILES string of the molecule is CCn1ccnc1C(=O)c1sc(C)nc1C. The zero-order chi connectivity index (χ0) is 11.7. The van der Waals surface area contributed by atoms with Gasteiger partial charge in [-0.2, -0.15) is 0 Å². The van der Waals surface area contributed by atoms with Crippen molar-refractivity contribution in [2.45, 2.75) is 27.3 Å². The lowest BCUT2D eigenvalue weighted by atomic mass is 10.2. The maximum absolute atomic E-state index is 12.2. The summed E-state index contributed by atoms with van der Waals surface area (Å²) >= 11 is 1.43. The van der Waals surface area contributed by atoms with Crippen molar-refractivity contribution in [1.29, 1.82) is 0 Å². The highest BCUT2D eigenvalue weighted by Crippen LogP contribution is 2.20. The van der Waals surface area contributed by atoms with Crippen LogP contribution in [0, 0.1) is 13.8 Å². The number of aryl methyl sites for hydroxylation is 3. The molecule has 0 aliphatic heterocycles. The van der Waals surface area contributed by atoms with Crippen LogP contribution >= 0.6 is 11.3 Å². The van der Waals surface area contributed by atoms with E-state index in [-0.39, 0.29) is 5.78 Å². The van der Waals surface area contributed by atoms with Gasteiger partial charge in [0, 0.05) is 18.9 Å². The molecule has 0 bridgehead atoms. The molecule has 0 saturated carbocycles. The lowest BCUT2D eigenvalue weighted by molar-refractivity contribution is 0.102. The maximum Gasteiger partial charge on any atom is 0.240 e. The molecular weight excluding hydrogens is 222 g/mol. The highest BCUT2D eigenvalue weighted by atomic mass is 32.1. The average Bonchev–Trinajstić information content (AvgIpc) is 2.83. The summed E-state index contributed by atoms with van der Waals surface area (Å²) in [5, 5.41) is 0.912. The summed E-state index contributed by atoms with van der Waals surface area (Å²) < 4.78 is 1.84. The Bertz CT molecular complexity index is 527. The molecule has 0 atom stereocenters. The Hall–Kier alpha value is -1.49. The monoisotopic (exact) mass is 235 g/mol. The van der Waals surface area contributed by atoms with E-state index in [0.717, 1.165) is 17.2 Å². The lowest BCUT2D eigenvalue weighted by Crippen LogP contribution is -2.10. The van der Waals surface area contributed by atoms with Crippen molar-refractivity contribution in [1.82, 2.24) is 14.5 Å². The third kappa shape index (κ3) is 1.78. The van der Waals surface area contributed by atoms with Crippen molar-refractivity contribution in [2.24, 2.45) is 0 Å². The molecule has 2 heterocycles. The number of carbonyl (C=O) groups excluding carboxylic acids is 1. The summed E-state index contributed by atoms with van der Waals surface area (Å²) in [7, 11) is 0. The fourth-order valence-corrected chi connectivity index (χ4v) is 2.47. The molecule has 0 fully saturated rings. The fourth-order valence-electron chi connectivity index (χ4n) is 1.62. The lowest BCUT2D eigenvalue weighted by Gasteiger charge is -2.02. The van der Waals surface area contributed by atoms with Gasteiger partial charge in [0.15, 0.2) is 5.82 Å². The number of carbonyl (C=O) groups is 1. The molecule has 0 saturated heterocycles. The van der Waals surface area contributed by atoms with Gasteiger partial charge in [0.05, 0.1) is 10.7 Å². The van der Waals surface area contributed by atoms with E-state index < -0.39 is 0 Å². The van der Waals surface area contributed by atoms with Crippen molar-refractivity contribution in [2.75, 3.05) is 0 Å². The highest BCUT2D eigenvalue weighted by Gasteiger charge is 2.19. The minimum absolute atomic E-state index is 0.0325. The summed E-state index contributed by atoms with van der Waals surface area (Å²) in [5.41, 5.74) is 0.790. The number of rotatable bonds is 3. The molecule has 0 amide bonds. The first-order valence-electron chi connectivity index (χ1n) is 5.13. The third-order valence-corrected chi connectivity index (χ3v) is 3.44.